The summed E-state index contributed by atoms with van der Waals surface area (Å²) in [5.41, 5.74) is 5.62. The van der Waals surface area contributed by atoms with E-state index in [0.717, 1.165) is 6.42 Å². The molecule has 0 amide bonds. The summed E-state index contributed by atoms with van der Waals surface area (Å²) in [4.78, 5) is 0. The SMILES string of the molecule is CC1(C)CC(N)C(F)C1. The van der Waals surface area contributed by atoms with Crippen molar-refractivity contribution in [3.8, 4) is 0 Å². The highest BCUT2D eigenvalue weighted by molar-refractivity contribution is 4.91. The van der Waals surface area contributed by atoms with E-state index >= 15 is 0 Å². The van der Waals surface area contributed by atoms with E-state index in [1.807, 2.05) is 0 Å². The van der Waals surface area contributed by atoms with Gasteiger partial charge in [-0.15, -0.1) is 0 Å². The van der Waals surface area contributed by atoms with Gasteiger partial charge in [0.25, 0.3) is 0 Å². The van der Waals surface area contributed by atoms with Crippen molar-refractivity contribution in [2.24, 2.45) is 11.1 Å². The Labute approximate surface area is 55.4 Å². The minimum atomic E-state index is -0.764. The fourth-order valence-electron chi connectivity index (χ4n) is 1.53. The molecule has 2 heteroatoms. The molecule has 0 radical (unpaired) electrons. The van der Waals surface area contributed by atoms with E-state index in [9.17, 15) is 4.39 Å². The van der Waals surface area contributed by atoms with Crippen molar-refractivity contribution in [3.05, 3.63) is 0 Å². The van der Waals surface area contributed by atoms with Crippen molar-refractivity contribution >= 4 is 0 Å². The largest absolute Gasteiger partial charge is 0.325 e. The first-order chi connectivity index (χ1) is 4.01. The molecule has 0 bridgehead atoms. The van der Waals surface area contributed by atoms with Crippen LogP contribution in [0.2, 0.25) is 0 Å². The van der Waals surface area contributed by atoms with Crippen LogP contribution < -0.4 is 5.73 Å². The Bertz CT molecular complexity index is 99.5. The van der Waals surface area contributed by atoms with E-state index in [-0.39, 0.29) is 11.5 Å². The number of hydrogen-bond acceptors (Lipinski definition) is 1. The monoisotopic (exact) mass is 131 g/mol. The van der Waals surface area contributed by atoms with Crippen molar-refractivity contribution in [3.63, 3.8) is 0 Å². The second kappa shape index (κ2) is 1.94. The number of nitrogens with two attached hydrogens (primary N) is 1. The first kappa shape index (κ1) is 7.00. The van der Waals surface area contributed by atoms with E-state index < -0.39 is 6.17 Å². The van der Waals surface area contributed by atoms with Gasteiger partial charge < -0.3 is 5.73 Å². The number of halogens is 1. The zero-order valence-corrected chi connectivity index (χ0v) is 6.02. The Morgan fingerprint density at radius 3 is 2.11 bits per heavy atom. The molecular weight excluding hydrogens is 117 g/mol. The number of alkyl halides is 1. The molecule has 0 spiro atoms. The van der Waals surface area contributed by atoms with E-state index in [1.54, 1.807) is 0 Å². The lowest BCUT2D eigenvalue weighted by Crippen LogP contribution is -2.25. The summed E-state index contributed by atoms with van der Waals surface area (Å²) in [7, 11) is 0. The lowest BCUT2D eigenvalue weighted by Gasteiger charge is -2.14. The van der Waals surface area contributed by atoms with Gasteiger partial charge in [0, 0.05) is 6.04 Å². The van der Waals surface area contributed by atoms with E-state index in [0.29, 0.717) is 6.42 Å². The fourth-order valence-corrected chi connectivity index (χ4v) is 1.53. The summed E-state index contributed by atoms with van der Waals surface area (Å²) in [6.07, 6.45) is 0.697. The van der Waals surface area contributed by atoms with Crippen LogP contribution in [0.1, 0.15) is 26.7 Å². The van der Waals surface area contributed by atoms with Gasteiger partial charge in [-0.25, -0.2) is 4.39 Å². The quantitative estimate of drug-likeness (QED) is 0.529. The topological polar surface area (TPSA) is 26.0 Å². The van der Waals surface area contributed by atoms with Gasteiger partial charge in [-0.3, -0.25) is 0 Å². The van der Waals surface area contributed by atoms with Gasteiger partial charge in [-0.2, -0.15) is 0 Å². The van der Waals surface area contributed by atoms with Crippen molar-refractivity contribution in [1.82, 2.24) is 0 Å². The first-order valence-corrected chi connectivity index (χ1v) is 3.41. The van der Waals surface area contributed by atoms with Crippen LogP contribution in [0, 0.1) is 5.41 Å². The van der Waals surface area contributed by atoms with E-state index in [2.05, 4.69) is 13.8 Å². The second-order valence-corrected chi connectivity index (χ2v) is 3.75. The van der Waals surface area contributed by atoms with Crippen molar-refractivity contribution in [2.75, 3.05) is 0 Å². The smallest absolute Gasteiger partial charge is 0.116 e. The maximum absolute atomic E-state index is 12.7. The predicted molar refractivity (Wildman–Crippen MR) is 35.9 cm³/mol. The highest BCUT2D eigenvalue weighted by Gasteiger charge is 2.36. The Morgan fingerprint density at radius 1 is 1.44 bits per heavy atom. The molecule has 2 atom stereocenters. The van der Waals surface area contributed by atoms with Crippen LogP contribution in [0.15, 0.2) is 0 Å². The van der Waals surface area contributed by atoms with Crippen molar-refractivity contribution < 1.29 is 4.39 Å². The summed E-state index contributed by atoms with van der Waals surface area (Å²) in [5, 5.41) is 0. The average Bonchev–Trinajstić information content (AvgIpc) is 1.79. The molecule has 1 nitrogen and oxygen atoms in total. The molecule has 0 saturated heterocycles. The lowest BCUT2D eigenvalue weighted by atomic mass is 9.92. The van der Waals surface area contributed by atoms with E-state index in [4.69, 9.17) is 5.73 Å². The van der Waals surface area contributed by atoms with E-state index in [1.165, 1.54) is 0 Å². The summed E-state index contributed by atoms with van der Waals surface area (Å²) in [6.45, 7) is 4.12. The molecule has 54 valence electrons. The number of rotatable bonds is 0. The Morgan fingerprint density at radius 2 is 2.00 bits per heavy atom. The third-order valence-electron chi connectivity index (χ3n) is 2.00. The van der Waals surface area contributed by atoms with Gasteiger partial charge in [0.15, 0.2) is 0 Å². The standard InChI is InChI=1S/C7H14FN/c1-7(2)3-5(8)6(9)4-7/h5-6H,3-4,9H2,1-2H3. The van der Waals surface area contributed by atoms with Crippen LogP contribution in [0.25, 0.3) is 0 Å². The molecule has 0 heterocycles. The summed E-state index contributed by atoms with van der Waals surface area (Å²) in [6, 6.07) is -0.208. The van der Waals surface area contributed by atoms with Crippen LogP contribution >= 0.6 is 0 Å². The normalized spacial score (nSPS) is 41.3. The van der Waals surface area contributed by atoms with Crippen molar-refractivity contribution in [1.29, 1.82) is 0 Å². The molecule has 1 rings (SSSR count). The minimum Gasteiger partial charge on any atom is -0.325 e. The number of hydrogen-bond donors (Lipinski definition) is 1. The average molecular weight is 131 g/mol. The molecule has 1 aliphatic carbocycles. The second-order valence-electron chi connectivity index (χ2n) is 3.75. The first-order valence-electron chi connectivity index (χ1n) is 3.41. The Hall–Kier alpha value is -0.110. The van der Waals surface area contributed by atoms with Gasteiger partial charge in [-0.05, 0) is 18.3 Å². The molecular formula is C7H14FN. The molecule has 9 heavy (non-hydrogen) atoms. The zero-order valence-electron chi connectivity index (χ0n) is 6.02. The third kappa shape index (κ3) is 1.42. The fraction of sp³-hybridized carbons (Fsp3) is 1.00. The van der Waals surface area contributed by atoms with Crippen LogP contribution in [-0.4, -0.2) is 12.2 Å². The molecule has 1 aliphatic rings. The van der Waals surface area contributed by atoms with Crippen LogP contribution in [0.3, 0.4) is 0 Å². The highest BCUT2D eigenvalue weighted by atomic mass is 19.1. The summed E-state index contributed by atoms with van der Waals surface area (Å²) < 4.78 is 12.7. The molecule has 0 aromatic heterocycles. The molecule has 0 aromatic rings. The third-order valence-corrected chi connectivity index (χ3v) is 2.00. The van der Waals surface area contributed by atoms with Crippen LogP contribution in [-0.2, 0) is 0 Å². The molecule has 0 aromatic carbocycles. The van der Waals surface area contributed by atoms with Crippen LogP contribution in [0.5, 0.6) is 0 Å². The molecule has 1 saturated carbocycles. The van der Waals surface area contributed by atoms with Gasteiger partial charge in [0.2, 0.25) is 0 Å². The van der Waals surface area contributed by atoms with Crippen LogP contribution in [0.4, 0.5) is 4.39 Å². The Kier molecular flexibility index (Phi) is 1.51. The molecule has 1 fully saturated rings. The maximum Gasteiger partial charge on any atom is 0.116 e. The summed E-state index contributed by atoms with van der Waals surface area (Å²) >= 11 is 0. The summed E-state index contributed by atoms with van der Waals surface area (Å²) in [5.74, 6) is 0. The maximum atomic E-state index is 12.7. The van der Waals surface area contributed by atoms with Gasteiger partial charge >= 0.3 is 0 Å². The molecule has 0 aliphatic heterocycles. The molecule has 2 N–H and O–H groups in total. The molecule has 2 unspecified atom stereocenters. The lowest BCUT2D eigenvalue weighted by molar-refractivity contribution is 0.287. The highest BCUT2D eigenvalue weighted by Crippen LogP contribution is 2.37. The van der Waals surface area contributed by atoms with Gasteiger partial charge in [0.05, 0.1) is 0 Å². The predicted octanol–water partition coefficient (Wildman–Crippen LogP) is 1.47. The van der Waals surface area contributed by atoms with Gasteiger partial charge in [-0.1, -0.05) is 13.8 Å². The minimum absolute atomic E-state index is 0.138. The van der Waals surface area contributed by atoms with Crippen molar-refractivity contribution in [2.45, 2.75) is 38.9 Å². The Balaban J connectivity index is 2.54. The van der Waals surface area contributed by atoms with Gasteiger partial charge in [0.1, 0.15) is 6.17 Å². The zero-order chi connectivity index (χ0) is 7.07.